The van der Waals surface area contributed by atoms with Gasteiger partial charge in [0.15, 0.2) is 0 Å². The molecule has 0 amide bonds. The van der Waals surface area contributed by atoms with Gasteiger partial charge in [-0.25, -0.2) is 14.6 Å². The van der Waals surface area contributed by atoms with E-state index >= 15 is 0 Å². The van der Waals surface area contributed by atoms with Crippen molar-refractivity contribution in [2.24, 2.45) is 0 Å². The van der Waals surface area contributed by atoms with Crippen LogP contribution >= 0.6 is 0 Å². The van der Waals surface area contributed by atoms with Crippen LogP contribution in [0.25, 0.3) is 5.69 Å². The molecule has 8 nitrogen and oxygen atoms in total. The first kappa shape index (κ1) is 24.8. The van der Waals surface area contributed by atoms with Gasteiger partial charge in [0.1, 0.15) is 0 Å². The van der Waals surface area contributed by atoms with Crippen molar-refractivity contribution in [3.8, 4) is 5.69 Å². The summed E-state index contributed by atoms with van der Waals surface area (Å²) in [6, 6.07) is 18.0. The largest absolute Gasteiger partial charge is 0.473 e. The van der Waals surface area contributed by atoms with Gasteiger partial charge in [0, 0.05) is 37.2 Å². The number of nitrogens with zero attached hydrogens (tertiary/aromatic N) is 3. The molecule has 0 saturated heterocycles. The van der Waals surface area contributed by atoms with E-state index < -0.39 is 11.9 Å². The number of rotatable bonds is 8. The van der Waals surface area contributed by atoms with Crippen LogP contribution < -0.4 is 5.32 Å². The highest BCUT2D eigenvalue weighted by atomic mass is 16.4. The van der Waals surface area contributed by atoms with Gasteiger partial charge in [0.25, 0.3) is 0 Å². The van der Waals surface area contributed by atoms with E-state index in [1.54, 1.807) is 6.20 Å². The number of carboxylic acids is 2. The fourth-order valence-electron chi connectivity index (χ4n) is 3.13. The van der Waals surface area contributed by atoms with E-state index in [4.69, 9.17) is 19.8 Å². The molecule has 2 aromatic carbocycles. The summed E-state index contributed by atoms with van der Waals surface area (Å²) in [5.74, 6) is -3.65. The topological polar surface area (TPSA) is 108 Å². The molecular weight excluding hydrogens is 408 g/mol. The van der Waals surface area contributed by atoms with Crippen molar-refractivity contribution in [3.63, 3.8) is 0 Å². The molecule has 32 heavy (non-hydrogen) atoms. The Morgan fingerprint density at radius 3 is 2.06 bits per heavy atom. The normalized spacial score (nSPS) is 11.5. The number of aryl methyl sites for hydroxylation is 1. The van der Waals surface area contributed by atoms with Crippen LogP contribution in [-0.4, -0.2) is 57.2 Å². The molecule has 1 unspecified atom stereocenters. The monoisotopic (exact) mass is 438 g/mol. The van der Waals surface area contributed by atoms with Crippen LogP contribution in [0.3, 0.4) is 0 Å². The highest BCUT2D eigenvalue weighted by Gasteiger charge is 2.13. The number of carbonyl (C=O) groups is 2. The van der Waals surface area contributed by atoms with Gasteiger partial charge in [-0.1, -0.05) is 43.3 Å². The second kappa shape index (κ2) is 12.4. The van der Waals surface area contributed by atoms with E-state index in [-0.39, 0.29) is 0 Å². The van der Waals surface area contributed by atoms with Crippen LogP contribution in [-0.2, 0) is 22.6 Å². The fourth-order valence-corrected chi connectivity index (χ4v) is 3.13. The Morgan fingerprint density at radius 2 is 1.59 bits per heavy atom. The number of benzene rings is 2. The lowest BCUT2D eigenvalue weighted by Crippen LogP contribution is -2.30. The number of aromatic nitrogens is 2. The minimum Gasteiger partial charge on any atom is -0.473 e. The molecule has 0 aliphatic rings. The first-order chi connectivity index (χ1) is 15.3. The van der Waals surface area contributed by atoms with Gasteiger partial charge in [-0.15, -0.1) is 0 Å². The summed E-state index contributed by atoms with van der Waals surface area (Å²) in [7, 11) is 4.28. The van der Waals surface area contributed by atoms with Gasteiger partial charge in [-0.05, 0) is 49.3 Å². The van der Waals surface area contributed by atoms with Crippen molar-refractivity contribution >= 4 is 11.9 Å². The predicted octanol–water partition coefficient (Wildman–Crippen LogP) is 2.98. The first-order valence-corrected chi connectivity index (χ1v) is 10.3. The Bertz CT molecular complexity index is 956. The molecular formula is C24H30N4O4. The third-order valence-corrected chi connectivity index (χ3v) is 4.98. The number of hydrogen-bond donors (Lipinski definition) is 3. The molecule has 0 spiro atoms. The van der Waals surface area contributed by atoms with Crippen molar-refractivity contribution in [3.05, 3.63) is 83.9 Å². The summed E-state index contributed by atoms with van der Waals surface area (Å²) in [5.41, 5.74) is 5.16. The molecule has 3 rings (SSSR count). The van der Waals surface area contributed by atoms with Crippen LogP contribution in [0.15, 0.2) is 67.3 Å². The summed E-state index contributed by atoms with van der Waals surface area (Å²) in [6.45, 7) is 3.97. The van der Waals surface area contributed by atoms with Crippen LogP contribution in [0, 0.1) is 0 Å². The molecule has 0 saturated carbocycles. The average molecular weight is 439 g/mol. The number of aliphatic carboxylic acids is 2. The molecule has 0 aliphatic carbocycles. The standard InChI is InChI=1S/C22H28N4.C2H2O4/c1-4-18-5-9-20(10-6-18)22(25(2)3)16-24-15-19-7-11-21(12-8-19)26-14-13-23-17-26;3-1(4)2(5)6/h5-14,17,22,24H,4,15-16H2,1-3H3;(H,3,4)(H,5,6). The molecule has 8 heteroatoms. The van der Waals surface area contributed by atoms with Crippen molar-refractivity contribution in [1.82, 2.24) is 19.8 Å². The van der Waals surface area contributed by atoms with E-state index in [1.165, 1.54) is 16.7 Å². The third kappa shape index (κ3) is 7.64. The maximum Gasteiger partial charge on any atom is 0.414 e. The Hall–Kier alpha value is -3.49. The second-order valence-corrected chi connectivity index (χ2v) is 7.45. The molecule has 1 atom stereocenters. The molecule has 3 N–H and O–H groups in total. The third-order valence-electron chi connectivity index (χ3n) is 4.98. The number of carboxylic acid groups (broad SMARTS) is 2. The zero-order valence-corrected chi connectivity index (χ0v) is 18.6. The van der Waals surface area contributed by atoms with Gasteiger partial charge >= 0.3 is 11.9 Å². The highest BCUT2D eigenvalue weighted by molar-refractivity contribution is 6.27. The summed E-state index contributed by atoms with van der Waals surface area (Å²) in [5, 5.41) is 18.4. The van der Waals surface area contributed by atoms with Crippen LogP contribution in [0.2, 0.25) is 0 Å². The van der Waals surface area contributed by atoms with Crippen LogP contribution in [0.5, 0.6) is 0 Å². The first-order valence-electron chi connectivity index (χ1n) is 10.3. The number of imidazole rings is 1. The summed E-state index contributed by atoms with van der Waals surface area (Å²) >= 11 is 0. The lowest BCUT2D eigenvalue weighted by molar-refractivity contribution is -0.159. The molecule has 0 radical (unpaired) electrons. The minimum atomic E-state index is -1.82. The van der Waals surface area contributed by atoms with Crippen molar-refractivity contribution in [1.29, 1.82) is 0 Å². The molecule has 3 aromatic rings. The molecule has 0 fully saturated rings. The van der Waals surface area contributed by atoms with E-state index in [2.05, 4.69) is 84.8 Å². The zero-order chi connectivity index (χ0) is 23.5. The summed E-state index contributed by atoms with van der Waals surface area (Å²) < 4.78 is 2.01. The van der Waals surface area contributed by atoms with Crippen LogP contribution in [0.4, 0.5) is 0 Å². The van der Waals surface area contributed by atoms with E-state index in [0.29, 0.717) is 6.04 Å². The lowest BCUT2D eigenvalue weighted by atomic mass is 10.0. The highest BCUT2D eigenvalue weighted by Crippen LogP contribution is 2.18. The Labute approximate surface area is 188 Å². The summed E-state index contributed by atoms with van der Waals surface area (Å²) in [4.78, 5) is 24.6. The van der Waals surface area contributed by atoms with Gasteiger partial charge in [0.2, 0.25) is 0 Å². The fraction of sp³-hybridized carbons (Fsp3) is 0.292. The predicted molar refractivity (Wildman–Crippen MR) is 123 cm³/mol. The SMILES string of the molecule is CCc1ccc(C(CNCc2ccc(-n3ccnc3)cc2)N(C)C)cc1.O=C(O)C(=O)O. The quantitative estimate of drug-likeness (QED) is 0.464. The van der Waals surface area contributed by atoms with Gasteiger partial charge < -0.3 is 25.0 Å². The van der Waals surface area contributed by atoms with Crippen molar-refractivity contribution in [2.45, 2.75) is 25.9 Å². The van der Waals surface area contributed by atoms with Crippen molar-refractivity contribution in [2.75, 3.05) is 20.6 Å². The van der Waals surface area contributed by atoms with Gasteiger partial charge in [0.05, 0.1) is 6.33 Å². The number of likely N-dealkylation sites (N-methyl/N-ethyl adjacent to an activating group) is 1. The average Bonchev–Trinajstić information content (AvgIpc) is 3.32. The van der Waals surface area contributed by atoms with E-state index in [1.807, 2.05) is 17.1 Å². The van der Waals surface area contributed by atoms with Gasteiger partial charge in [-0.2, -0.15) is 0 Å². The number of nitrogens with one attached hydrogen (secondary N) is 1. The second-order valence-electron chi connectivity index (χ2n) is 7.45. The maximum absolute atomic E-state index is 9.10. The molecule has 0 aliphatic heterocycles. The molecule has 170 valence electrons. The molecule has 0 bridgehead atoms. The number of hydrogen-bond acceptors (Lipinski definition) is 5. The van der Waals surface area contributed by atoms with E-state index in [9.17, 15) is 0 Å². The zero-order valence-electron chi connectivity index (χ0n) is 18.6. The molecule has 1 aromatic heterocycles. The Balaban J connectivity index is 0.000000534. The smallest absolute Gasteiger partial charge is 0.414 e. The Kier molecular flexibility index (Phi) is 9.59. The van der Waals surface area contributed by atoms with Gasteiger partial charge in [-0.3, -0.25) is 0 Å². The van der Waals surface area contributed by atoms with Crippen molar-refractivity contribution < 1.29 is 19.8 Å². The maximum atomic E-state index is 9.10. The lowest BCUT2D eigenvalue weighted by Gasteiger charge is -2.25. The minimum absolute atomic E-state index is 0.367. The van der Waals surface area contributed by atoms with Crippen LogP contribution in [0.1, 0.15) is 29.7 Å². The summed E-state index contributed by atoms with van der Waals surface area (Å²) in [6.07, 6.45) is 6.65. The molecule has 1 heterocycles. The Morgan fingerprint density at radius 1 is 1.00 bits per heavy atom. The van der Waals surface area contributed by atoms with E-state index in [0.717, 1.165) is 25.2 Å².